The molecule has 0 aliphatic carbocycles. The number of hydrogen-bond acceptors (Lipinski definition) is 2. The predicted octanol–water partition coefficient (Wildman–Crippen LogP) is 5.84. The molecule has 0 amide bonds. The van der Waals surface area contributed by atoms with Crippen LogP contribution >= 0.6 is 27.5 Å². The molecule has 0 spiro atoms. The number of aliphatic hydroxyl groups is 1. The highest BCUT2D eigenvalue weighted by Gasteiger charge is 2.62. The summed E-state index contributed by atoms with van der Waals surface area (Å²) in [4.78, 5) is 0.0353. The SMILES string of the molecule is C=C[C@@](C)(O)CC[C@H]1[C@](C)(CC[C@H](Br)C(C)(C)Cl)[C@H]2CC[C@]1(C)O2. The van der Waals surface area contributed by atoms with Crippen molar-refractivity contribution in [1.82, 2.24) is 0 Å². The van der Waals surface area contributed by atoms with E-state index in [0.717, 1.165) is 38.5 Å². The molecule has 2 rings (SSSR count). The minimum atomic E-state index is -0.796. The van der Waals surface area contributed by atoms with Gasteiger partial charge >= 0.3 is 0 Å². The van der Waals surface area contributed by atoms with Crippen molar-refractivity contribution in [2.75, 3.05) is 0 Å². The quantitative estimate of drug-likeness (QED) is 0.394. The summed E-state index contributed by atoms with van der Waals surface area (Å²) in [6, 6.07) is 0. The molecule has 2 saturated heterocycles. The maximum atomic E-state index is 10.3. The number of halogens is 2. The summed E-state index contributed by atoms with van der Waals surface area (Å²) in [5.41, 5.74) is -0.692. The van der Waals surface area contributed by atoms with Gasteiger partial charge in [-0.2, -0.15) is 0 Å². The second-order valence-corrected chi connectivity index (χ2v) is 11.3. The number of ether oxygens (including phenoxy) is 1. The largest absolute Gasteiger partial charge is 0.386 e. The van der Waals surface area contributed by atoms with E-state index in [0.29, 0.717) is 12.0 Å². The van der Waals surface area contributed by atoms with Gasteiger partial charge in [-0.1, -0.05) is 28.9 Å². The lowest BCUT2D eigenvalue weighted by Crippen LogP contribution is -2.44. The standard InChI is InChI=1S/C20H34BrClO2/c1-7-18(4,23)11-8-14-19(5,12-9-15(21)17(2,3)22)16-10-13-20(14,6)24-16/h7,14-16,23H,1,8-13H2,2-6H3/t14-,15-,16+,18+,19-,20-/m0/s1. The van der Waals surface area contributed by atoms with Gasteiger partial charge in [-0.3, -0.25) is 0 Å². The Balaban J connectivity index is 2.11. The zero-order valence-electron chi connectivity index (χ0n) is 15.9. The molecule has 0 radical (unpaired) electrons. The van der Waals surface area contributed by atoms with Gasteiger partial charge in [0, 0.05) is 4.83 Å². The molecule has 0 saturated carbocycles. The Morgan fingerprint density at radius 1 is 1.42 bits per heavy atom. The lowest BCUT2D eigenvalue weighted by atomic mass is 9.59. The summed E-state index contributed by atoms with van der Waals surface area (Å²) < 4.78 is 6.45. The molecule has 2 nitrogen and oxygen atoms in total. The monoisotopic (exact) mass is 420 g/mol. The smallest absolute Gasteiger partial charge is 0.0797 e. The molecule has 2 bridgehead atoms. The van der Waals surface area contributed by atoms with Gasteiger partial charge in [0.2, 0.25) is 0 Å². The fourth-order valence-corrected chi connectivity index (χ4v) is 5.13. The van der Waals surface area contributed by atoms with E-state index in [2.05, 4.69) is 50.2 Å². The second-order valence-electron chi connectivity index (χ2n) is 9.19. The first-order valence-corrected chi connectivity index (χ1v) is 10.5. The first-order valence-electron chi connectivity index (χ1n) is 9.21. The van der Waals surface area contributed by atoms with E-state index in [9.17, 15) is 5.11 Å². The van der Waals surface area contributed by atoms with E-state index >= 15 is 0 Å². The molecule has 2 fully saturated rings. The van der Waals surface area contributed by atoms with E-state index in [-0.39, 0.29) is 20.7 Å². The number of hydrogen-bond donors (Lipinski definition) is 1. The highest BCUT2D eigenvalue weighted by Crippen LogP contribution is 2.61. The van der Waals surface area contributed by atoms with Crippen molar-refractivity contribution < 1.29 is 9.84 Å². The average molecular weight is 422 g/mol. The van der Waals surface area contributed by atoms with Gasteiger partial charge in [0.05, 0.1) is 22.2 Å². The maximum absolute atomic E-state index is 10.3. The van der Waals surface area contributed by atoms with Crippen LogP contribution in [0.5, 0.6) is 0 Å². The Morgan fingerprint density at radius 3 is 2.58 bits per heavy atom. The van der Waals surface area contributed by atoms with Gasteiger partial charge in [-0.05, 0) is 77.6 Å². The van der Waals surface area contributed by atoms with E-state index in [1.807, 2.05) is 6.92 Å². The van der Waals surface area contributed by atoms with Crippen LogP contribution in [0, 0.1) is 11.3 Å². The van der Waals surface area contributed by atoms with Crippen LogP contribution < -0.4 is 0 Å². The van der Waals surface area contributed by atoms with E-state index in [1.165, 1.54) is 0 Å². The molecule has 0 aromatic heterocycles. The second kappa shape index (κ2) is 6.87. The van der Waals surface area contributed by atoms with E-state index in [1.54, 1.807) is 6.08 Å². The number of alkyl halides is 2. The van der Waals surface area contributed by atoms with Gasteiger partial charge in [0.25, 0.3) is 0 Å². The summed E-state index contributed by atoms with van der Waals surface area (Å²) in [5.74, 6) is 0.466. The molecule has 1 N–H and O–H groups in total. The van der Waals surface area contributed by atoms with Crippen molar-refractivity contribution in [2.24, 2.45) is 11.3 Å². The van der Waals surface area contributed by atoms with Crippen LogP contribution in [0.1, 0.15) is 73.1 Å². The predicted molar refractivity (Wildman–Crippen MR) is 106 cm³/mol. The van der Waals surface area contributed by atoms with Crippen LogP contribution in [0.4, 0.5) is 0 Å². The summed E-state index contributed by atoms with van der Waals surface area (Å²) >= 11 is 10.2. The molecular formula is C20H34BrClO2. The molecule has 0 unspecified atom stereocenters. The Morgan fingerprint density at radius 2 is 2.04 bits per heavy atom. The molecule has 4 heteroatoms. The molecule has 140 valence electrons. The van der Waals surface area contributed by atoms with Crippen molar-refractivity contribution in [3.05, 3.63) is 12.7 Å². The lowest BCUT2D eigenvalue weighted by molar-refractivity contribution is -0.000272. The summed E-state index contributed by atoms with van der Waals surface area (Å²) in [6.45, 7) is 14.4. The van der Waals surface area contributed by atoms with Gasteiger partial charge in [-0.25, -0.2) is 0 Å². The Kier molecular flexibility index (Phi) is 5.93. The zero-order valence-corrected chi connectivity index (χ0v) is 18.2. The first-order chi connectivity index (χ1) is 10.8. The highest BCUT2D eigenvalue weighted by atomic mass is 79.9. The third-order valence-electron chi connectivity index (χ3n) is 6.64. The third kappa shape index (κ3) is 4.05. The molecule has 2 heterocycles. The third-order valence-corrected chi connectivity index (χ3v) is 8.77. The first kappa shape index (κ1) is 20.7. The van der Waals surface area contributed by atoms with Crippen molar-refractivity contribution in [1.29, 1.82) is 0 Å². The molecule has 6 atom stereocenters. The van der Waals surface area contributed by atoms with E-state index < -0.39 is 5.60 Å². The van der Waals surface area contributed by atoms with Crippen LogP contribution in [0.25, 0.3) is 0 Å². The molecule has 0 aromatic rings. The van der Waals surface area contributed by atoms with Crippen molar-refractivity contribution in [2.45, 2.75) is 100 Å². The molecule has 2 aliphatic heterocycles. The minimum Gasteiger partial charge on any atom is -0.386 e. The van der Waals surface area contributed by atoms with Crippen LogP contribution in [0.3, 0.4) is 0 Å². The summed E-state index contributed by atoms with van der Waals surface area (Å²) in [6.07, 6.45) is 8.12. The van der Waals surface area contributed by atoms with Crippen LogP contribution in [0.2, 0.25) is 0 Å². The molecule has 2 aliphatic rings. The maximum Gasteiger partial charge on any atom is 0.0797 e. The molecule has 24 heavy (non-hydrogen) atoms. The highest BCUT2D eigenvalue weighted by molar-refractivity contribution is 9.09. The Labute approximate surface area is 161 Å². The van der Waals surface area contributed by atoms with Crippen LogP contribution in [-0.2, 0) is 4.74 Å². The average Bonchev–Trinajstić information content (AvgIpc) is 2.95. The van der Waals surface area contributed by atoms with Crippen molar-refractivity contribution in [3.8, 4) is 0 Å². The van der Waals surface area contributed by atoms with Crippen molar-refractivity contribution in [3.63, 3.8) is 0 Å². The van der Waals surface area contributed by atoms with Crippen molar-refractivity contribution >= 4 is 27.5 Å². The summed E-state index contributed by atoms with van der Waals surface area (Å²) in [5, 5.41) is 10.3. The van der Waals surface area contributed by atoms with Gasteiger partial charge in [0.1, 0.15) is 0 Å². The van der Waals surface area contributed by atoms with Crippen LogP contribution in [0.15, 0.2) is 12.7 Å². The number of fused-ring (bicyclic) bond motifs is 2. The normalized spacial score (nSPS) is 39.7. The van der Waals surface area contributed by atoms with Gasteiger partial charge in [-0.15, -0.1) is 18.2 Å². The summed E-state index contributed by atoms with van der Waals surface area (Å²) in [7, 11) is 0. The topological polar surface area (TPSA) is 29.5 Å². The Bertz CT molecular complexity index is 473. The Hall–Kier alpha value is 0.430. The number of rotatable bonds is 8. The zero-order chi connectivity index (χ0) is 18.4. The fourth-order valence-electron chi connectivity index (χ4n) is 4.79. The minimum absolute atomic E-state index is 0.0467. The van der Waals surface area contributed by atoms with Gasteiger partial charge < -0.3 is 9.84 Å². The van der Waals surface area contributed by atoms with E-state index in [4.69, 9.17) is 16.3 Å². The molecular weight excluding hydrogens is 388 g/mol. The fraction of sp³-hybridized carbons (Fsp3) is 0.900. The van der Waals surface area contributed by atoms with Crippen LogP contribution in [-0.4, -0.2) is 32.1 Å². The lowest BCUT2D eigenvalue weighted by Gasteiger charge is -2.43. The van der Waals surface area contributed by atoms with Gasteiger partial charge in [0.15, 0.2) is 0 Å². The molecule has 0 aromatic carbocycles.